The Bertz CT molecular complexity index is 1010. The van der Waals surface area contributed by atoms with Crippen LogP contribution < -0.4 is 0 Å². The SMILES string of the molecule is O=C(c1cccc(-n2cccn2)c1)N1CC[C@H](O)[C@@](CO)(Cc2ccc(F)cc2)C1. The number of halogens is 1. The lowest BCUT2D eigenvalue weighted by Crippen LogP contribution is -2.56. The molecule has 0 aliphatic carbocycles. The summed E-state index contributed by atoms with van der Waals surface area (Å²) in [5, 5.41) is 25.1. The Morgan fingerprint density at radius 3 is 2.70 bits per heavy atom. The van der Waals surface area contributed by atoms with Gasteiger partial charge in [0, 0.05) is 36.5 Å². The van der Waals surface area contributed by atoms with E-state index >= 15 is 0 Å². The molecule has 0 unspecified atom stereocenters. The molecule has 30 heavy (non-hydrogen) atoms. The molecule has 2 atom stereocenters. The van der Waals surface area contributed by atoms with Crippen LogP contribution in [-0.2, 0) is 6.42 Å². The van der Waals surface area contributed by atoms with Crippen LogP contribution in [0.15, 0.2) is 67.0 Å². The van der Waals surface area contributed by atoms with Crippen molar-refractivity contribution in [2.45, 2.75) is 18.9 Å². The molecular weight excluding hydrogens is 385 g/mol. The fourth-order valence-electron chi connectivity index (χ4n) is 4.10. The Morgan fingerprint density at radius 2 is 2.00 bits per heavy atom. The maximum absolute atomic E-state index is 13.3. The van der Waals surface area contributed by atoms with Crippen LogP contribution in [0, 0.1) is 11.2 Å². The fourth-order valence-corrected chi connectivity index (χ4v) is 4.10. The molecule has 3 aromatic rings. The first-order chi connectivity index (χ1) is 14.5. The maximum atomic E-state index is 13.3. The molecule has 0 radical (unpaired) electrons. The number of carbonyl (C=O) groups is 1. The number of aliphatic hydroxyl groups is 2. The molecule has 0 spiro atoms. The van der Waals surface area contributed by atoms with Crippen molar-refractivity contribution in [2.75, 3.05) is 19.7 Å². The van der Waals surface area contributed by atoms with E-state index in [1.807, 2.05) is 12.1 Å². The van der Waals surface area contributed by atoms with Gasteiger partial charge in [-0.3, -0.25) is 4.79 Å². The number of hydrogen-bond acceptors (Lipinski definition) is 4. The Morgan fingerprint density at radius 1 is 1.20 bits per heavy atom. The summed E-state index contributed by atoms with van der Waals surface area (Å²) in [5.41, 5.74) is 1.21. The fraction of sp³-hybridized carbons (Fsp3) is 0.304. The molecule has 1 fully saturated rings. The highest BCUT2D eigenvalue weighted by Crippen LogP contribution is 2.34. The second kappa shape index (κ2) is 8.38. The van der Waals surface area contributed by atoms with E-state index in [1.54, 1.807) is 52.3 Å². The van der Waals surface area contributed by atoms with Crippen LogP contribution in [0.2, 0.25) is 0 Å². The number of likely N-dealkylation sites (tertiary alicyclic amines) is 1. The summed E-state index contributed by atoms with van der Waals surface area (Å²) in [7, 11) is 0. The standard InChI is InChI=1S/C23H24FN3O3/c24-19-7-5-17(6-8-19)14-23(16-28)15-26(12-9-21(23)29)22(30)18-3-1-4-20(13-18)27-11-2-10-25-27/h1-8,10-11,13,21,28-29H,9,12,14-16H2/t21-,23-/m0/s1. The molecule has 0 saturated carbocycles. The summed E-state index contributed by atoms with van der Waals surface area (Å²) in [6.07, 6.45) is 3.44. The molecule has 1 saturated heterocycles. The molecule has 4 rings (SSSR count). The van der Waals surface area contributed by atoms with E-state index < -0.39 is 11.5 Å². The summed E-state index contributed by atoms with van der Waals surface area (Å²) in [5.74, 6) is -0.498. The maximum Gasteiger partial charge on any atom is 0.253 e. The zero-order valence-corrected chi connectivity index (χ0v) is 16.5. The molecule has 7 heteroatoms. The Balaban J connectivity index is 1.57. The summed E-state index contributed by atoms with van der Waals surface area (Å²) in [6.45, 7) is 0.340. The van der Waals surface area contributed by atoms with E-state index in [2.05, 4.69) is 5.10 Å². The molecule has 2 N–H and O–H groups in total. The number of nitrogens with zero attached hydrogens (tertiary/aromatic N) is 3. The molecule has 2 aromatic carbocycles. The third kappa shape index (κ3) is 3.99. The van der Waals surface area contributed by atoms with E-state index in [9.17, 15) is 19.4 Å². The van der Waals surface area contributed by atoms with E-state index in [0.29, 0.717) is 24.9 Å². The van der Waals surface area contributed by atoms with Crippen LogP contribution in [0.3, 0.4) is 0 Å². The van der Waals surface area contributed by atoms with Crippen LogP contribution in [0.25, 0.3) is 5.69 Å². The van der Waals surface area contributed by atoms with Gasteiger partial charge in [-0.1, -0.05) is 18.2 Å². The number of amides is 1. The molecular formula is C23H24FN3O3. The van der Waals surface area contributed by atoms with Crippen molar-refractivity contribution < 1.29 is 19.4 Å². The van der Waals surface area contributed by atoms with Crippen LogP contribution in [-0.4, -0.2) is 56.6 Å². The second-order valence-electron chi connectivity index (χ2n) is 7.86. The van der Waals surface area contributed by atoms with Crippen molar-refractivity contribution >= 4 is 5.91 Å². The van der Waals surface area contributed by atoms with Crippen molar-refractivity contribution in [1.82, 2.24) is 14.7 Å². The molecule has 1 aromatic heterocycles. The third-order valence-corrected chi connectivity index (χ3v) is 5.82. The molecule has 1 aliphatic rings. The molecule has 0 bridgehead atoms. The van der Waals surface area contributed by atoms with Gasteiger partial charge in [-0.15, -0.1) is 0 Å². The number of piperidine rings is 1. The normalized spacial score (nSPS) is 21.6. The predicted octanol–water partition coefficient (Wildman–Crippen LogP) is 2.44. The van der Waals surface area contributed by atoms with E-state index in [0.717, 1.165) is 11.3 Å². The molecule has 2 heterocycles. The van der Waals surface area contributed by atoms with E-state index in [-0.39, 0.29) is 24.9 Å². The first-order valence-corrected chi connectivity index (χ1v) is 9.93. The lowest BCUT2D eigenvalue weighted by Gasteiger charge is -2.45. The van der Waals surface area contributed by atoms with Crippen molar-refractivity contribution in [3.05, 3.63) is 83.9 Å². The molecule has 1 aliphatic heterocycles. The smallest absolute Gasteiger partial charge is 0.253 e. The summed E-state index contributed by atoms with van der Waals surface area (Å²) >= 11 is 0. The van der Waals surface area contributed by atoms with Gasteiger partial charge >= 0.3 is 0 Å². The van der Waals surface area contributed by atoms with Crippen LogP contribution in [0.4, 0.5) is 4.39 Å². The Labute approximate surface area is 174 Å². The van der Waals surface area contributed by atoms with Crippen molar-refractivity contribution in [1.29, 1.82) is 0 Å². The average molecular weight is 409 g/mol. The highest BCUT2D eigenvalue weighted by molar-refractivity contribution is 5.94. The minimum absolute atomic E-state index is 0.159. The first kappa shape index (κ1) is 20.3. The average Bonchev–Trinajstić information content (AvgIpc) is 3.31. The predicted molar refractivity (Wildman–Crippen MR) is 110 cm³/mol. The van der Waals surface area contributed by atoms with Crippen LogP contribution >= 0.6 is 0 Å². The Hall–Kier alpha value is -3.03. The largest absolute Gasteiger partial charge is 0.396 e. The van der Waals surface area contributed by atoms with Gasteiger partial charge in [-0.25, -0.2) is 9.07 Å². The lowest BCUT2D eigenvalue weighted by atomic mass is 9.73. The molecule has 6 nitrogen and oxygen atoms in total. The quantitative estimate of drug-likeness (QED) is 0.679. The molecule has 156 valence electrons. The number of aliphatic hydroxyl groups excluding tert-OH is 2. The van der Waals surface area contributed by atoms with E-state index in [4.69, 9.17) is 0 Å². The Kier molecular flexibility index (Phi) is 5.65. The third-order valence-electron chi connectivity index (χ3n) is 5.82. The van der Waals surface area contributed by atoms with Gasteiger partial charge in [-0.2, -0.15) is 5.10 Å². The zero-order chi connectivity index (χ0) is 21.1. The van der Waals surface area contributed by atoms with Gasteiger partial charge in [0.1, 0.15) is 5.82 Å². The van der Waals surface area contributed by atoms with Crippen molar-refractivity contribution in [3.63, 3.8) is 0 Å². The highest BCUT2D eigenvalue weighted by Gasteiger charge is 2.43. The summed E-state index contributed by atoms with van der Waals surface area (Å²) in [6, 6.07) is 15.0. The van der Waals surface area contributed by atoms with Gasteiger partial charge in [0.05, 0.1) is 18.4 Å². The number of carbonyl (C=O) groups excluding carboxylic acids is 1. The first-order valence-electron chi connectivity index (χ1n) is 9.93. The van der Waals surface area contributed by atoms with Crippen molar-refractivity contribution in [3.8, 4) is 5.69 Å². The number of aromatic nitrogens is 2. The monoisotopic (exact) mass is 409 g/mol. The molecule has 1 amide bonds. The number of hydrogen-bond donors (Lipinski definition) is 2. The highest BCUT2D eigenvalue weighted by atomic mass is 19.1. The van der Waals surface area contributed by atoms with Gasteiger partial charge in [0.15, 0.2) is 0 Å². The lowest BCUT2D eigenvalue weighted by molar-refractivity contribution is -0.0668. The van der Waals surface area contributed by atoms with Crippen LogP contribution in [0.5, 0.6) is 0 Å². The van der Waals surface area contributed by atoms with Gasteiger partial charge in [-0.05, 0) is 54.8 Å². The minimum atomic E-state index is -0.897. The zero-order valence-electron chi connectivity index (χ0n) is 16.5. The number of benzene rings is 2. The summed E-state index contributed by atoms with van der Waals surface area (Å²) < 4.78 is 14.9. The van der Waals surface area contributed by atoms with Gasteiger partial charge in [0.2, 0.25) is 0 Å². The van der Waals surface area contributed by atoms with Gasteiger partial charge < -0.3 is 15.1 Å². The second-order valence-corrected chi connectivity index (χ2v) is 7.86. The topological polar surface area (TPSA) is 78.6 Å². The van der Waals surface area contributed by atoms with Gasteiger partial charge in [0.25, 0.3) is 5.91 Å². The van der Waals surface area contributed by atoms with Crippen LogP contribution in [0.1, 0.15) is 22.3 Å². The van der Waals surface area contributed by atoms with Crippen molar-refractivity contribution in [2.24, 2.45) is 5.41 Å². The summed E-state index contributed by atoms with van der Waals surface area (Å²) in [4.78, 5) is 14.9. The minimum Gasteiger partial charge on any atom is -0.396 e. The van der Waals surface area contributed by atoms with E-state index in [1.165, 1.54) is 12.1 Å². The number of rotatable bonds is 5.